The van der Waals surface area contributed by atoms with Gasteiger partial charge in [0, 0.05) is 40.9 Å². The van der Waals surface area contributed by atoms with Gasteiger partial charge in [-0.05, 0) is 50.3 Å². The van der Waals surface area contributed by atoms with Crippen LogP contribution in [-0.4, -0.2) is 39.2 Å². The fraction of sp³-hybridized carbons (Fsp3) is 0.448. The Hall–Kier alpha value is -3.50. The number of amides is 2. The number of benzene rings is 2. The van der Waals surface area contributed by atoms with Gasteiger partial charge in [0.25, 0.3) is 5.91 Å². The quantitative estimate of drug-likeness (QED) is 0.356. The minimum absolute atomic E-state index is 0.00287. The summed E-state index contributed by atoms with van der Waals surface area (Å²) in [6, 6.07) is 7.42. The number of halogens is 2. The topological polar surface area (TPSA) is 107 Å². The van der Waals surface area contributed by atoms with Crippen molar-refractivity contribution in [1.82, 2.24) is 10.8 Å². The highest BCUT2D eigenvalue weighted by atomic mass is 35.5. The monoisotopic (exact) mass is 575 g/mol. The van der Waals surface area contributed by atoms with Crippen LogP contribution in [-0.2, 0) is 20.0 Å². The first-order valence-corrected chi connectivity index (χ1v) is 13.6. The van der Waals surface area contributed by atoms with Gasteiger partial charge < -0.3 is 29.7 Å². The van der Waals surface area contributed by atoms with E-state index in [0.717, 1.165) is 25.7 Å². The van der Waals surface area contributed by atoms with Crippen LogP contribution in [0.4, 0.5) is 10.1 Å². The number of allylic oxidation sites excluding steroid dienone is 1. The summed E-state index contributed by atoms with van der Waals surface area (Å²) in [6.45, 7) is 1.67. The summed E-state index contributed by atoms with van der Waals surface area (Å²) in [5, 5.41) is 6.12. The van der Waals surface area contributed by atoms with E-state index in [4.69, 9.17) is 30.6 Å². The fourth-order valence-electron chi connectivity index (χ4n) is 5.47. The van der Waals surface area contributed by atoms with Crippen molar-refractivity contribution in [3.63, 3.8) is 0 Å². The van der Waals surface area contributed by atoms with E-state index in [0.29, 0.717) is 35.1 Å². The molecule has 0 spiro atoms. The molecule has 1 aliphatic heterocycles. The van der Waals surface area contributed by atoms with E-state index in [-0.39, 0.29) is 34.9 Å². The summed E-state index contributed by atoms with van der Waals surface area (Å²) >= 11 is 6.36. The number of hydroxylamine groups is 1. The van der Waals surface area contributed by atoms with E-state index in [2.05, 4.69) is 16.1 Å². The predicted molar refractivity (Wildman–Crippen MR) is 149 cm³/mol. The molecular weight excluding hydrogens is 541 g/mol. The molecule has 0 saturated heterocycles. The van der Waals surface area contributed by atoms with Crippen LogP contribution in [0.25, 0.3) is 0 Å². The summed E-state index contributed by atoms with van der Waals surface area (Å²) in [4.78, 5) is 32.0. The van der Waals surface area contributed by atoms with Crippen LogP contribution >= 0.6 is 11.6 Å². The Kier molecular flexibility index (Phi) is 9.42. The van der Waals surface area contributed by atoms with Crippen molar-refractivity contribution in [3.05, 3.63) is 58.6 Å². The van der Waals surface area contributed by atoms with Gasteiger partial charge in [0.05, 0.1) is 21.3 Å². The first-order valence-electron chi connectivity index (χ1n) is 13.2. The lowest BCUT2D eigenvalue weighted by Crippen LogP contribution is -2.55. The maximum absolute atomic E-state index is 15.0. The van der Waals surface area contributed by atoms with E-state index < -0.39 is 17.3 Å². The lowest BCUT2D eigenvalue weighted by molar-refractivity contribution is -0.130. The Balaban J connectivity index is 1.45. The van der Waals surface area contributed by atoms with Crippen LogP contribution in [0.1, 0.15) is 51.0 Å². The number of carbonyl (C=O) groups is 2. The number of hydrogen-bond donors (Lipinski definition) is 3. The first-order chi connectivity index (χ1) is 19.2. The molecule has 2 aromatic rings. The second-order valence-electron chi connectivity index (χ2n) is 9.99. The summed E-state index contributed by atoms with van der Waals surface area (Å²) in [5.74, 6) is 0.537. The van der Waals surface area contributed by atoms with Gasteiger partial charge in [-0.25, -0.2) is 4.39 Å². The van der Waals surface area contributed by atoms with Crippen LogP contribution in [0.2, 0.25) is 5.02 Å². The molecule has 4 rings (SSSR count). The minimum atomic E-state index is -1.61. The van der Waals surface area contributed by atoms with Crippen molar-refractivity contribution in [3.8, 4) is 17.2 Å². The molecule has 9 nitrogen and oxygen atoms in total. The second kappa shape index (κ2) is 12.8. The zero-order valence-corrected chi connectivity index (χ0v) is 23.8. The van der Waals surface area contributed by atoms with Crippen molar-refractivity contribution in [2.24, 2.45) is 5.92 Å². The average molecular weight is 576 g/mol. The maximum atomic E-state index is 15.0. The third-order valence-electron chi connectivity index (χ3n) is 7.42. The van der Waals surface area contributed by atoms with E-state index in [1.54, 1.807) is 19.1 Å². The zero-order valence-electron chi connectivity index (χ0n) is 23.1. The molecule has 0 aromatic heterocycles. The molecule has 11 heteroatoms. The van der Waals surface area contributed by atoms with Gasteiger partial charge in [0.2, 0.25) is 11.7 Å². The molecule has 0 radical (unpaired) electrons. The van der Waals surface area contributed by atoms with Gasteiger partial charge in [-0.1, -0.05) is 30.5 Å². The van der Waals surface area contributed by atoms with Crippen LogP contribution in [0.3, 0.4) is 0 Å². The molecule has 1 fully saturated rings. The van der Waals surface area contributed by atoms with E-state index in [1.807, 2.05) is 0 Å². The van der Waals surface area contributed by atoms with Crippen molar-refractivity contribution in [2.75, 3.05) is 26.6 Å². The molecule has 2 aromatic carbocycles. The smallest absolute Gasteiger partial charge is 0.252 e. The van der Waals surface area contributed by atoms with E-state index in [1.165, 1.54) is 45.6 Å². The van der Waals surface area contributed by atoms with E-state index >= 15 is 0 Å². The molecule has 0 bridgehead atoms. The number of carbonyl (C=O) groups excluding carboxylic acids is 2. The molecule has 1 saturated carbocycles. The number of anilines is 1. The van der Waals surface area contributed by atoms with Crippen LogP contribution in [0, 0.1) is 11.7 Å². The van der Waals surface area contributed by atoms with Crippen molar-refractivity contribution in [2.45, 2.75) is 57.0 Å². The molecule has 2 amide bonds. The molecular formula is C29H35ClFN3O6. The highest BCUT2D eigenvalue weighted by Gasteiger charge is 2.47. The summed E-state index contributed by atoms with van der Waals surface area (Å²) in [6.07, 6.45) is 5.88. The highest BCUT2D eigenvalue weighted by Crippen LogP contribution is 2.40. The Labute approximate surface area is 238 Å². The Morgan fingerprint density at radius 2 is 1.82 bits per heavy atom. The van der Waals surface area contributed by atoms with Crippen molar-refractivity contribution < 1.29 is 33.0 Å². The van der Waals surface area contributed by atoms with Crippen LogP contribution < -0.4 is 30.3 Å². The summed E-state index contributed by atoms with van der Waals surface area (Å²) < 4.78 is 31.0. The average Bonchev–Trinajstić information content (AvgIpc) is 3.34. The molecule has 1 heterocycles. The SMILES string of the molecule is COc1cc(NC(=O)CCC2CCCCC2NC(=O)C2(c3c(F)cccc3Cl)C=C(C)ON2)cc(OC)c1OC. The van der Waals surface area contributed by atoms with Gasteiger partial charge in [0.15, 0.2) is 17.0 Å². The molecule has 3 N–H and O–H groups in total. The molecule has 2 aliphatic rings. The number of methoxy groups -OCH3 is 3. The summed E-state index contributed by atoms with van der Waals surface area (Å²) in [5.41, 5.74) is 1.61. The van der Waals surface area contributed by atoms with Crippen molar-refractivity contribution >= 4 is 29.1 Å². The summed E-state index contributed by atoms with van der Waals surface area (Å²) in [7, 11) is 4.53. The predicted octanol–water partition coefficient (Wildman–Crippen LogP) is 5.23. The zero-order chi connectivity index (χ0) is 28.9. The Bertz CT molecular complexity index is 1240. The Morgan fingerprint density at radius 1 is 1.12 bits per heavy atom. The van der Waals surface area contributed by atoms with Crippen molar-refractivity contribution in [1.29, 1.82) is 0 Å². The fourth-order valence-corrected chi connectivity index (χ4v) is 5.78. The largest absolute Gasteiger partial charge is 0.493 e. The Morgan fingerprint density at radius 3 is 2.42 bits per heavy atom. The standard InChI is InChI=1S/C29H35ClFN3O6/c1-17-16-29(34-40-17,26-20(30)9-7-10-21(26)31)28(36)33-22-11-6-5-8-18(22)12-13-25(35)32-19-14-23(37-2)27(39-4)24(15-19)38-3/h7,9-10,14-16,18,22,34H,5-6,8,11-13H2,1-4H3,(H,32,35)(H,33,36). The van der Waals surface area contributed by atoms with Gasteiger partial charge in [-0.2, -0.15) is 0 Å². The van der Waals surface area contributed by atoms with E-state index in [9.17, 15) is 14.0 Å². The molecule has 1 aliphatic carbocycles. The second-order valence-corrected chi connectivity index (χ2v) is 10.4. The minimum Gasteiger partial charge on any atom is -0.493 e. The number of hydrogen-bond acceptors (Lipinski definition) is 7. The normalized spacial score (nSPS) is 22.1. The van der Waals surface area contributed by atoms with Gasteiger partial charge in [-0.15, -0.1) is 5.48 Å². The van der Waals surface area contributed by atoms with Gasteiger partial charge in [0.1, 0.15) is 11.6 Å². The third-order valence-corrected chi connectivity index (χ3v) is 7.74. The molecule has 3 unspecified atom stereocenters. The number of nitrogens with one attached hydrogen (secondary N) is 3. The van der Waals surface area contributed by atoms with Crippen LogP contribution in [0.15, 0.2) is 42.2 Å². The van der Waals surface area contributed by atoms with Gasteiger partial charge >= 0.3 is 0 Å². The molecule has 40 heavy (non-hydrogen) atoms. The highest BCUT2D eigenvalue weighted by molar-refractivity contribution is 6.31. The van der Waals surface area contributed by atoms with Crippen LogP contribution in [0.5, 0.6) is 17.2 Å². The maximum Gasteiger partial charge on any atom is 0.252 e. The third kappa shape index (κ3) is 6.13. The molecule has 3 atom stereocenters. The molecule has 216 valence electrons. The number of rotatable bonds is 10. The van der Waals surface area contributed by atoms with Gasteiger partial charge in [-0.3, -0.25) is 9.59 Å². The number of ether oxygens (including phenoxy) is 3. The lowest BCUT2D eigenvalue weighted by atomic mass is 9.80. The lowest BCUT2D eigenvalue weighted by Gasteiger charge is -2.35. The first kappa shape index (κ1) is 29.5.